The predicted molar refractivity (Wildman–Crippen MR) is 161 cm³/mol. The van der Waals surface area contributed by atoms with Crippen LogP contribution >= 0.6 is 0 Å². The van der Waals surface area contributed by atoms with Gasteiger partial charge in [0.15, 0.2) is 19.9 Å². The molecular formula is C31H50O5Si2. The van der Waals surface area contributed by atoms with Crippen LogP contribution in [0.4, 0.5) is 0 Å². The van der Waals surface area contributed by atoms with Crippen LogP contribution in [0.1, 0.15) is 53.0 Å². The second kappa shape index (κ2) is 12.6. The number of hydrogen-bond acceptors (Lipinski definition) is 5. The molecule has 0 saturated carbocycles. The summed E-state index contributed by atoms with van der Waals surface area (Å²) in [6.45, 7) is 27.4. The minimum atomic E-state index is -2.17. The van der Waals surface area contributed by atoms with Crippen molar-refractivity contribution < 1.29 is 23.4 Å². The van der Waals surface area contributed by atoms with E-state index in [1.54, 1.807) is 7.11 Å². The lowest BCUT2D eigenvalue weighted by atomic mass is 9.79. The molecule has 0 radical (unpaired) electrons. The Bertz CT molecular complexity index is 1020. The number of ether oxygens (including phenoxy) is 4. The first-order valence-corrected chi connectivity index (χ1v) is 19.9. The summed E-state index contributed by atoms with van der Waals surface area (Å²) < 4.78 is 31.1. The van der Waals surface area contributed by atoms with Crippen LogP contribution in [-0.4, -0.2) is 48.6 Å². The summed E-state index contributed by atoms with van der Waals surface area (Å²) in [5.74, 6) is 4.31. The SMILES string of the molecule is C=C=C(OCc1ccc(OC)cc1)C(CC1(CC#C[Si](C)(C)C)COC(C)(C)OC1)O[Si](C)(C)C(C)(C)C. The molecule has 1 atom stereocenters. The molecular weight excluding hydrogens is 509 g/mol. The second-order valence-corrected chi connectivity index (χ2v) is 23.0. The highest BCUT2D eigenvalue weighted by atomic mass is 28.4. The maximum absolute atomic E-state index is 7.01. The molecule has 1 aromatic rings. The Hall–Kier alpha value is -1.79. The van der Waals surface area contributed by atoms with E-state index in [-0.39, 0.29) is 16.6 Å². The van der Waals surface area contributed by atoms with Crippen molar-refractivity contribution in [2.45, 2.75) is 104 Å². The van der Waals surface area contributed by atoms with Gasteiger partial charge in [0, 0.05) is 11.8 Å². The highest BCUT2D eigenvalue weighted by Gasteiger charge is 2.46. The van der Waals surface area contributed by atoms with E-state index in [2.05, 4.69) is 77.3 Å². The summed E-state index contributed by atoms with van der Waals surface area (Å²) in [7, 11) is -2.03. The van der Waals surface area contributed by atoms with Crippen LogP contribution in [0, 0.1) is 16.9 Å². The first-order valence-electron chi connectivity index (χ1n) is 13.5. The quantitative estimate of drug-likeness (QED) is 0.127. The molecule has 0 bridgehead atoms. The molecule has 1 aliphatic rings. The Morgan fingerprint density at radius 3 is 2.11 bits per heavy atom. The van der Waals surface area contributed by atoms with Crippen molar-refractivity contribution >= 4 is 16.4 Å². The fourth-order valence-corrected chi connectivity index (χ4v) is 5.65. The van der Waals surface area contributed by atoms with Crippen molar-refractivity contribution in [3.05, 3.63) is 47.9 Å². The minimum Gasteiger partial charge on any atom is -0.497 e. The van der Waals surface area contributed by atoms with E-state index in [9.17, 15) is 0 Å². The van der Waals surface area contributed by atoms with Gasteiger partial charge < -0.3 is 23.4 Å². The van der Waals surface area contributed by atoms with Gasteiger partial charge in [-0.3, -0.25) is 0 Å². The largest absolute Gasteiger partial charge is 0.497 e. The summed E-state index contributed by atoms with van der Waals surface area (Å²) in [6, 6.07) is 7.87. The van der Waals surface area contributed by atoms with Crippen LogP contribution in [-0.2, 0) is 25.2 Å². The lowest BCUT2D eigenvalue weighted by molar-refractivity contribution is -0.287. The predicted octanol–water partition coefficient (Wildman–Crippen LogP) is 7.70. The third kappa shape index (κ3) is 9.75. The minimum absolute atomic E-state index is 0.0277. The molecule has 1 aliphatic heterocycles. The molecule has 5 nitrogen and oxygen atoms in total. The summed E-state index contributed by atoms with van der Waals surface area (Å²) in [6.07, 6.45) is 0.984. The third-order valence-electron chi connectivity index (χ3n) is 7.26. The van der Waals surface area contributed by atoms with Crippen LogP contribution < -0.4 is 4.74 Å². The number of rotatable bonds is 10. The van der Waals surface area contributed by atoms with Crippen LogP contribution in [0.25, 0.3) is 0 Å². The standard InChI is InChI=1S/C31H50O5Si2/c1-13-27(33-22-25-15-17-26(32-7)18-16-25)28(36-38(11,12)29(2,3)4)21-31(19-14-20-37(8,9)10)23-34-30(5,6)35-24-31/h15-18,28H,1,19,21-24H2,2-12H3. The molecule has 1 aromatic carbocycles. The highest BCUT2D eigenvalue weighted by Crippen LogP contribution is 2.43. The molecule has 0 N–H and O–H groups in total. The Labute approximate surface area is 234 Å². The number of hydrogen-bond donors (Lipinski definition) is 0. The number of methoxy groups -OCH3 is 1. The van der Waals surface area contributed by atoms with Crippen LogP contribution in [0.5, 0.6) is 5.75 Å². The molecule has 1 fully saturated rings. The summed E-state index contributed by atoms with van der Waals surface area (Å²) in [5, 5.41) is 0.0277. The molecule has 0 spiro atoms. The molecule has 2 rings (SSSR count). The Morgan fingerprint density at radius 1 is 1.05 bits per heavy atom. The highest BCUT2D eigenvalue weighted by molar-refractivity contribution is 6.83. The van der Waals surface area contributed by atoms with Crippen molar-refractivity contribution in [1.82, 2.24) is 0 Å². The van der Waals surface area contributed by atoms with Gasteiger partial charge in [0.1, 0.15) is 26.5 Å². The smallest absolute Gasteiger partial charge is 0.193 e. The molecule has 1 unspecified atom stereocenters. The average Bonchev–Trinajstić information content (AvgIpc) is 2.80. The van der Waals surface area contributed by atoms with Gasteiger partial charge in [0.2, 0.25) is 0 Å². The van der Waals surface area contributed by atoms with Crippen molar-refractivity contribution in [2.75, 3.05) is 20.3 Å². The van der Waals surface area contributed by atoms with Gasteiger partial charge >= 0.3 is 0 Å². The summed E-state index contributed by atoms with van der Waals surface area (Å²) >= 11 is 0. The Balaban J connectivity index is 2.39. The van der Waals surface area contributed by atoms with Crippen LogP contribution in [0.15, 0.2) is 42.3 Å². The van der Waals surface area contributed by atoms with Gasteiger partial charge in [-0.1, -0.05) is 64.9 Å². The van der Waals surface area contributed by atoms with Crippen LogP contribution in [0.2, 0.25) is 37.8 Å². The van der Waals surface area contributed by atoms with Crippen molar-refractivity contribution in [3.63, 3.8) is 0 Å². The fraction of sp³-hybridized carbons (Fsp3) is 0.645. The molecule has 212 valence electrons. The maximum Gasteiger partial charge on any atom is 0.193 e. The van der Waals surface area contributed by atoms with Crippen molar-refractivity contribution in [1.29, 1.82) is 0 Å². The Kier molecular flexibility index (Phi) is 10.7. The van der Waals surface area contributed by atoms with Crippen molar-refractivity contribution in [3.8, 4) is 17.2 Å². The zero-order valence-electron chi connectivity index (χ0n) is 25.7. The van der Waals surface area contributed by atoms with E-state index in [4.69, 9.17) is 23.4 Å². The van der Waals surface area contributed by atoms with E-state index in [0.29, 0.717) is 38.4 Å². The van der Waals surface area contributed by atoms with Gasteiger partial charge in [0.25, 0.3) is 0 Å². The lowest BCUT2D eigenvalue weighted by Gasteiger charge is -2.46. The molecule has 1 saturated heterocycles. The van der Waals surface area contributed by atoms with Gasteiger partial charge in [-0.15, -0.1) is 11.5 Å². The van der Waals surface area contributed by atoms with E-state index >= 15 is 0 Å². The molecule has 0 aliphatic carbocycles. The van der Waals surface area contributed by atoms with E-state index in [1.165, 1.54) is 0 Å². The monoisotopic (exact) mass is 558 g/mol. The molecule has 7 heteroatoms. The normalized spacial score (nSPS) is 18.0. The summed E-state index contributed by atoms with van der Waals surface area (Å²) in [5.41, 5.74) is 7.31. The molecule has 38 heavy (non-hydrogen) atoms. The zero-order valence-corrected chi connectivity index (χ0v) is 27.7. The molecule has 0 aromatic heterocycles. The van der Waals surface area contributed by atoms with E-state index < -0.39 is 22.2 Å². The lowest BCUT2D eigenvalue weighted by Crippen LogP contribution is -2.50. The maximum atomic E-state index is 7.01. The fourth-order valence-electron chi connectivity index (χ4n) is 3.78. The van der Waals surface area contributed by atoms with Crippen LogP contribution in [0.3, 0.4) is 0 Å². The molecule has 0 amide bonds. The first-order chi connectivity index (χ1) is 17.4. The zero-order chi connectivity index (χ0) is 28.8. The van der Waals surface area contributed by atoms with Gasteiger partial charge in [-0.2, -0.15) is 0 Å². The van der Waals surface area contributed by atoms with E-state index in [0.717, 1.165) is 11.3 Å². The van der Waals surface area contributed by atoms with Gasteiger partial charge in [0.05, 0.1) is 20.3 Å². The summed E-state index contributed by atoms with van der Waals surface area (Å²) in [4.78, 5) is 0. The Morgan fingerprint density at radius 2 is 1.63 bits per heavy atom. The topological polar surface area (TPSA) is 46.2 Å². The van der Waals surface area contributed by atoms with E-state index in [1.807, 2.05) is 38.1 Å². The van der Waals surface area contributed by atoms with Gasteiger partial charge in [-0.05, 0) is 56.1 Å². The first kappa shape index (κ1) is 32.4. The molecule has 1 heterocycles. The number of benzene rings is 1. The van der Waals surface area contributed by atoms with Gasteiger partial charge in [-0.25, -0.2) is 0 Å². The van der Waals surface area contributed by atoms with Crippen molar-refractivity contribution in [2.24, 2.45) is 5.41 Å². The average molecular weight is 559 g/mol. The third-order valence-corrected chi connectivity index (χ3v) is 12.7. The second-order valence-electron chi connectivity index (χ2n) is 13.5.